The molecule has 2 atom stereocenters. The number of hydrogen-bond acceptors (Lipinski definition) is 6. The number of benzene rings is 1. The molecule has 1 aromatic carbocycles. The molecular formula is C22H25N3O4S. The molecule has 0 bridgehead atoms. The summed E-state index contributed by atoms with van der Waals surface area (Å²) in [5, 5.41) is 3.32. The molecule has 2 heterocycles. The van der Waals surface area contributed by atoms with Gasteiger partial charge in [0, 0.05) is 23.4 Å². The first-order valence-electron chi connectivity index (χ1n) is 10.2. The van der Waals surface area contributed by atoms with Crippen molar-refractivity contribution >= 4 is 34.2 Å². The Hall–Kier alpha value is -2.74. The molecule has 1 aliphatic heterocycles. The predicted molar refractivity (Wildman–Crippen MR) is 114 cm³/mol. The normalized spacial score (nSPS) is 20.9. The van der Waals surface area contributed by atoms with E-state index in [9.17, 15) is 14.4 Å². The summed E-state index contributed by atoms with van der Waals surface area (Å²) in [5.74, 6) is -0.0498. The van der Waals surface area contributed by atoms with Crippen LogP contribution >= 0.6 is 11.3 Å². The molecule has 4 rings (SSSR count). The molecule has 1 saturated carbocycles. The van der Waals surface area contributed by atoms with E-state index in [1.54, 1.807) is 7.11 Å². The Kier molecular flexibility index (Phi) is 5.85. The highest BCUT2D eigenvalue weighted by Gasteiger charge is 2.47. The van der Waals surface area contributed by atoms with Gasteiger partial charge in [-0.25, -0.2) is 4.98 Å². The molecule has 1 saturated heterocycles. The molecule has 8 heteroatoms. The summed E-state index contributed by atoms with van der Waals surface area (Å²) in [6, 6.07) is 7.59. The lowest BCUT2D eigenvalue weighted by atomic mass is 9.81. The Balaban J connectivity index is 1.36. The summed E-state index contributed by atoms with van der Waals surface area (Å²) < 4.78 is 5.18. The molecule has 1 aliphatic carbocycles. The Morgan fingerprint density at radius 3 is 2.40 bits per heavy atom. The number of imide groups is 1. The monoisotopic (exact) mass is 427 g/mol. The predicted octanol–water partition coefficient (Wildman–Crippen LogP) is 3.63. The van der Waals surface area contributed by atoms with Gasteiger partial charge in [0.2, 0.25) is 17.7 Å². The number of nitrogens with zero attached hydrogens (tertiary/aromatic N) is 2. The molecule has 0 spiro atoms. The van der Waals surface area contributed by atoms with E-state index < -0.39 is 0 Å². The molecule has 7 nitrogen and oxygen atoms in total. The number of carbonyl (C=O) groups is 3. The van der Waals surface area contributed by atoms with E-state index in [0.29, 0.717) is 5.13 Å². The zero-order valence-electron chi connectivity index (χ0n) is 17.1. The third kappa shape index (κ3) is 3.96. The van der Waals surface area contributed by atoms with Crippen LogP contribution in [0.2, 0.25) is 0 Å². The number of thiazole rings is 1. The van der Waals surface area contributed by atoms with Crippen molar-refractivity contribution in [3.8, 4) is 17.0 Å². The summed E-state index contributed by atoms with van der Waals surface area (Å²) in [7, 11) is 1.62. The van der Waals surface area contributed by atoms with Gasteiger partial charge in [0.25, 0.3) is 0 Å². The van der Waals surface area contributed by atoms with Gasteiger partial charge >= 0.3 is 0 Å². The number of aromatic nitrogens is 1. The van der Waals surface area contributed by atoms with Crippen LogP contribution in [0.5, 0.6) is 5.75 Å². The minimum atomic E-state index is -0.250. The summed E-state index contributed by atoms with van der Waals surface area (Å²) in [6.45, 7) is 2.09. The zero-order valence-corrected chi connectivity index (χ0v) is 18.0. The topological polar surface area (TPSA) is 88.6 Å². The smallest absolute Gasteiger partial charge is 0.233 e. The third-order valence-electron chi connectivity index (χ3n) is 5.90. The number of amides is 3. The van der Waals surface area contributed by atoms with Crippen molar-refractivity contribution in [2.24, 2.45) is 11.8 Å². The number of carbonyl (C=O) groups excluding carboxylic acids is 3. The molecule has 30 heavy (non-hydrogen) atoms. The highest BCUT2D eigenvalue weighted by molar-refractivity contribution is 7.16. The van der Waals surface area contributed by atoms with Gasteiger partial charge < -0.3 is 10.1 Å². The van der Waals surface area contributed by atoms with Crippen molar-refractivity contribution in [3.05, 3.63) is 29.1 Å². The molecule has 0 radical (unpaired) electrons. The fourth-order valence-electron chi connectivity index (χ4n) is 4.31. The largest absolute Gasteiger partial charge is 0.497 e. The van der Waals surface area contributed by atoms with Crippen LogP contribution in [-0.4, -0.2) is 41.3 Å². The van der Waals surface area contributed by atoms with Gasteiger partial charge in [0.15, 0.2) is 5.13 Å². The number of rotatable bonds is 6. The van der Waals surface area contributed by atoms with E-state index in [4.69, 9.17) is 4.74 Å². The molecule has 0 unspecified atom stereocenters. The van der Waals surface area contributed by atoms with E-state index in [1.807, 2.05) is 31.2 Å². The number of fused-ring (bicyclic) bond motifs is 1. The van der Waals surface area contributed by atoms with Crippen molar-refractivity contribution in [1.29, 1.82) is 0 Å². The average molecular weight is 428 g/mol. The van der Waals surface area contributed by atoms with Gasteiger partial charge in [0.1, 0.15) is 5.75 Å². The number of likely N-dealkylation sites (tertiary alicyclic amines) is 1. The molecule has 2 aromatic rings. The van der Waals surface area contributed by atoms with Crippen LogP contribution in [0, 0.1) is 18.8 Å². The van der Waals surface area contributed by atoms with E-state index >= 15 is 0 Å². The minimum Gasteiger partial charge on any atom is -0.497 e. The van der Waals surface area contributed by atoms with Gasteiger partial charge in [-0.2, -0.15) is 0 Å². The number of methoxy groups -OCH3 is 1. The lowest BCUT2D eigenvalue weighted by Gasteiger charge is -2.19. The van der Waals surface area contributed by atoms with Crippen molar-refractivity contribution in [2.75, 3.05) is 19.0 Å². The molecule has 3 amide bonds. The Labute approximate surface area is 179 Å². The lowest BCUT2D eigenvalue weighted by Crippen LogP contribution is -2.34. The van der Waals surface area contributed by atoms with Crippen molar-refractivity contribution in [3.63, 3.8) is 0 Å². The fraction of sp³-hybridized carbons (Fsp3) is 0.455. The van der Waals surface area contributed by atoms with Gasteiger partial charge in [-0.1, -0.05) is 12.8 Å². The number of anilines is 1. The van der Waals surface area contributed by atoms with Gasteiger partial charge in [-0.3, -0.25) is 19.3 Å². The van der Waals surface area contributed by atoms with Crippen molar-refractivity contribution in [2.45, 2.75) is 39.0 Å². The van der Waals surface area contributed by atoms with Crippen LogP contribution in [0.4, 0.5) is 5.13 Å². The maximum atomic E-state index is 12.5. The number of hydrogen-bond donors (Lipinski definition) is 1. The molecule has 2 aliphatic rings. The first-order valence-corrected chi connectivity index (χ1v) is 11.1. The van der Waals surface area contributed by atoms with Gasteiger partial charge in [-0.05, 0) is 44.0 Å². The molecule has 158 valence electrons. The molecule has 1 N–H and O–H groups in total. The van der Waals surface area contributed by atoms with Crippen LogP contribution in [0.15, 0.2) is 24.3 Å². The van der Waals surface area contributed by atoms with Crippen LogP contribution in [0.3, 0.4) is 0 Å². The second kappa shape index (κ2) is 8.55. The quantitative estimate of drug-likeness (QED) is 0.711. The Bertz CT molecular complexity index is 945. The average Bonchev–Trinajstić information content (AvgIpc) is 3.24. The third-order valence-corrected chi connectivity index (χ3v) is 6.79. The van der Waals surface area contributed by atoms with E-state index in [2.05, 4.69) is 10.3 Å². The van der Waals surface area contributed by atoms with E-state index in [1.165, 1.54) is 16.2 Å². The Morgan fingerprint density at radius 2 is 1.80 bits per heavy atom. The highest BCUT2D eigenvalue weighted by Crippen LogP contribution is 2.38. The SMILES string of the molecule is COc1ccc(-c2nc(NC(=O)CCN3C(=O)[C@H]4CCCC[C@@H]4C3=O)sc2C)cc1. The van der Waals surface area contributed by atoms with Crippen LogP contribution < -0.4 is 10.1 Å². The number of nitrogens with one attached hydrogen (secondary N) is 1. The first-order chi connectivity index (χ1) is 14.5. The van der Waals surface area contributed by atoms with Crippen LogP contribution in [0.25, 0.3) is 11.3 Å². The van der Waals surface area contributed by atoms with Gasteiger partial charge in [-0.15, -0.1) is 11.3 Å². The maximum Gasteiger partial charge on any atom is 0.233 e. The summed E-state index contributed by atoms with van der Waals surface area (Å²) >= 11 is 1.40. The zero-order chi connectivity index (χ0) is 21.3. The number of ether oxygens (including phenoxy) is 1. The molecule has 1 aromatic heterocycles. The fourth-order valence-corrected chi connectivity index (χ4v) is 5.17. The maximum absolute atomic E-state index is 12.5. The van der Waals surface area contributed by atoms with Crippen LogP contribution in [0.1, 0.15) is 37.0 Å². The molecular weight excluding hydrogens is 402 g/mol. The first kappa shape index (κ1) is 20.5. The van der Waals surface area contributed by atoms with Crippen molar-refractivity contribution < 1.29 is 19.1 Å². The summed E-state index contributed by atoms with van der Waals surface area (Å²) in [4.78, 5) is 44.3. The minimum absolute atomic E-state index is 0.0768. The lowest BCUT2D eigenvalue weighted by molar-refractivity contribution is -0.140. The molecule has 2 fully saturated rings. The summed E-state index contributed by atoms with van der Waals surface area (Å²) in [5.41, 5.74) is 1.76. The van der Waals surface area contributed by atoms with Crippen LogP contribution in [-0.2, 0) is 14.4 Å². The number of aryl methyl sites for hydroxylation is 1. The Morgan fingerprint density at radius 1 is 1.17 bits per heavy atom. The summed E-state index contributed by atoms with van der Waals surface area (Å²) in [6.07, 6.45) is 3.63. The van der Waals surface area contributed by atoms with E-state index in [-0.39, 0.29) is 42.5 Å². The second-order valence-electron chi connectivity index (χ2n) is 7.78. The van der Waals surface area contributed by atoms with Crippen molar-refractivity contribution in [1.82, 2.24) is 9.88 Å². The highest BCUT2D eigenvalue weighted by atomic mass is 32.1. The standard InChI is InChI=1S/C22H25N3O4S/c1-13-19(14-7-9-15(29-2)10-8-14)24-22(30-13)23-18(26)11-12-25-20(27)16-5-3-4-6-17(16)21(25)28/h7-10,16-17H,3-6,11-12H2,1-2H3,(H,23,24,26)/t16-,17-/m0/s1. The second-order valence-corrected chi connectivity index (χ2v) is 8.98. The van der Waals surface area contributed by atoms with Gasteiger partial charge in [0.05, 0.1) is 24.6 Å². The van der Waals surface area contributed by atoms with E-state index in [0.717, 1.165) is 47.6 Å².